The summed E-state index contributed by atoms with van der Waals surface area (Å²) in [6.45, 7) is 3.26. The van der Waals surface area contributed by atoms with Crippen LogP contribution in [0, 0.1) is 0 Å². The van der Waals surface area contributed by atoms with Crippen molar-refractivity contribution in [2.75, 3.05) is 7.11 Å². The van der Waals surface area contributed by atoms with Crippen molar-refractivity contribution >= 4 is 17.6 Å². The summed E-state index contributed by atoms with van der Waals surface area (Å²) in [5.41, 5.74) is -0.295. The van der Waals surface area contributed by atoms with Crippen molar-refractivity contribution in [3.8, 4) is 5.75 Å². The van der Waals surface area contributed by atoms with Crippen molar-refractivity contribution in [3.63, 3.8) is 0 Å². The Kier molecular flexibility index (Phi) is 3.25. The van der Waals surface area contributed by atoms with Gasteiger partial charge in [0.25, 0.3) is 0 Å². The van der Waals surface area contributed by atoms with Crippen LogP contribution in [-0.2, 0) is 10.2 Å². The third-order valence-corrected chi connectivity index (χ3v) is 2.70. The van der Waals surface area contributed by atoms with Crippen LogP contribution in [0.4, 0.5) is 0 Å². The summed E-state index contributed by atoms with van der Waals surface area (Å²) in [6, 6.07) is 5.00. The molecule has 0 bridgehead atoms. The van der Waals surface area contributed by atoms with E-state index in [1.54, 1.807) is 32.0 Å². The van der Waals surface area contributed by atoms with Gasteiger partial charge in [0.15, 0.2) is 0 Å². The van der Waals surface area contributed by atoms with Crippen LogP contribution in [-0.4, -0.2) is 18.2 Å². The predicted octanol–water partition coefficient (Wildman–Crippen LogP) is 2.71. The highest BCUT2D eigenvalue weighted by molar-refractivity contribution is 6.32. The molecule has 0 radical (unpaired) electrons. The fourth-order valence-corrected chi connectivity index (χ4v) is 1.44. The van der Waals surface area contributed by atoms with Crippen LogP contribution in [0.2, 0.25) is 5.02 Å². The first kappa shape index (κ1) is 11.9. The van der Waals surface area contributed by atoms with Gasteiger partial charge in [0.2, 0.25) is 0 Å². The first-order valence-electron chi connectivity index (χ1n) is 4.47. The van der Waals surface area contributed by atoms with Crippen molar-refractivity contribution in [2.24, 2.45) is 0 Å². The first-order chi connectivity index (χ1) is 6.89. The molecule has 0 amide bonds. The molecular weight excluding hydrogens is 216 g/mol. The third kappa shape index (κ3) is 2.23. The van der Waals surface area contributed by atoms with Gasteiger partial charge in [-0.25, -0.2) is 0 Å². The summed E-state index contributed by atoms with van der Waals surface area (Å²) < 4.78 is 4.99. The maximum absolute atomic E-state index is 11.0. The summed E-state index contributed by atoms with van der Waals surface area (Å²) >= 11 is 5.92. The van der Waals surface area contributed by atoms with E-state index >= 15 is 0 Å². The number of carboxylic acids is 1. The van der Waals surface area contributed by atoms with Crippen LogP contribution < -0.4 is 4.74 Å². The number of rotatable bonds is 3. The molecule has 0 fully saturated rings. The first-order valence-corrected chi connectivity index (χ1v) is 4.85. The van der Waals surface area contributed by atoms with Gasteiger partial charge in [0.1, 0.15) is 5.75 Å². The number of carboxylic acid groups (broad SMARTS) is 1. The fourth-order valence-electron chi connectivity index (χ4n) is 1.18. The highest BCUT2D eigenvalue weighted by atomic mass is 35.5. The van der Waals surface area contributed by atoms with E-state index in [1.165, 1.54) is 7.11 Å². The second kappa shape index (κ2) is 4.11. The van der Waals surface area contributed by atoms with Crippen molar-refractivity contribution in [1.29, 1.82) is 0 Å². The molecule has 0 heterocycles. The van der Waals surface area contributed by atoms with Crippen molar-refractivity contribution in [3.05, 3.63) is 28.8 Å². The highest BCUT2D eigenvalue weighted by Gasteiger charge is 2.29. The lowest BCUT2D eigenvalue weighted by Gasteiger charge is -2.20. The number of ether oxygens (including phenoxy) is 1. The van der Waals surface area contributed by atoms with Crippen LogP contribution in [0.1, 0.15) is 19.4 Å². The van der Waals surface area contributed by atoms with Gasteiger partial charge in [-0.15, -0.1) is 0 Å². The molecular formula is C11H13ClO3. The molecule has 4 heteroatoms. The van der Waals surface area contributed by atoms with E-state index in [4.69, 9.17) is 21.4 Å². The van der Waals surface area contributed by atoms with Crippen LogP contribution in [0.3, 0.4) is 0 Å². The second-order valence-corrected chi connectivity index (χ2v) is 4.19. The minimum atomic E-state index is -0.949. The number of carbonyl (C=O) groups is 1. The van der Waals surface area contributed by atoms with Gasteiger partial charge < -0.3 is 9.84 Å². The van der Waals surface area contributed by atoms with Crippen molar-refractivity contribution in [1.82, 2.24) is 0 Å². The standard InChI is InChI=1S/C11H13ClO3/c1-11(2,10(13)14)7-4-5-9(15-3)8(12)6-7/h4-6H,1-3H3,(H,13,14). The maximum Gasteiger partial charge on any atom is 0.313 e. The monoisotopic (exact) mass is 228 g/mol. The van der Waals surface area contributed by atoms with E-state index < -0.39 is 11.4 Å². The Labute approximate surface area is 93.6 Å². The molecule has 1 rings (SSSR count). The molecule has 1 aromatic rings. The number of hydrogen-bond donors (Lipinski definition) is 1. The largest absolute Gasteiger partial charge is 0.495 e. The Morgan fingerprint density at radius 3 is 2.47 bits per heavy atom. The molecule has 1 aromatic carbocycles. The number of methoxy groups -OCH3 is 1. The molecule has 0 spiro atoms. The highest BCUT2D eigenvalue weighted by Crippen LogP contribution is 2.31. The van der Waals surface area contributed by atoms with E-state index in [9.17, 15) is 4.79 Å². The molecule has 0 saturated heterocycles. The molecule has 0 aliphatic rings. The van der Waals surface area contributed by atoms with Gasteiger partial charge in [-0.3, -0.25) is 4.79 Å². The molecule has 3 nitrogen and oxygen atoms in total. The second-order valence-electron chi connectivity index (χ2n) is 3.78. The molecule has 0 aromatic heterocycles. The van der Waals surface area contributed by atoms with Crippen LogP contribution in [0.15, 0.2) is 18.2 Å². The lowest BCUT2D eigenvalue weighted by molar-refractivity contribution is -0.142. The minimum absolute atomic E-state index is 0.421. The topological polar surface area (TPSA) is 46.5 Å². The van der Waals surface area contributed by atoms with E-state index in [0.717, 1.165) is 0 Å². The zero-order valence-corrected chi connectivity index (χ0v) is 9.63. The number of aliphatic carboxylic acids is 1. The summed E-state index contributed by atoms with van der Waals surface area (Å²) in [5, 5.41) is 9.46. The van der Waals surface area contributed by atoms with E-state index in [1.807, 2.05) is 0 Å². The maximum atomic E-state index is 11.0. The smallest absolute Gasteiger partial charge is 0.313 e. The van der Waals surface area contributed by atoms with E-state index in [-0.39, 0.29) is 0 Å². The van der Waals surface area contributed by atoms with Gasteiger partial charge in [-0.2, -0.15) is 0 Å². The Bertz CT molecular complexity index is 385. The fraction of sp³-hybridized carbons (Fsp3) is 0.364. The van der Waals surface area contributed by atoms with Gasteiger partial charge >= 0.3 is 5.97 Å². The molecule has 82 valence electrons. The quantitative estimate of drug-likeness (QED) is 0.865. The number of halogens is 1. The lowest BCUT2D eigenvalue weighted by Crippen LogP contribution is -2.28. The molecule has 0 aliphatic heterocycles. The van der Waals surface area contributed by atoms with Gasteiger partial charge in [-0.05, 0) is 31.5 Å². The van der Waals surface area contributed by atoms with Crippen molar-refractivity contribution in [2.45, 2.75) is 19.3 Å². The molecule has 1 N–H and O–H groups in total. The summed E-state index contributed by atoms with van der Waals surface area (Å²) in [4.78, 5) is 11.0. The van der Waals surface area contributed by atoms with E-state index in [2.05, 4.69) is 0 Å². The summed E-state index contributed by atoms with van der Waals surface area (Å²) in [5.74, 6) is -0.342. The summed E-state index contributed by atoms with van der Waals surface area (Å²) in [7, 11) is 1.52. The average Bonchev–Trinajstić information content (AvgIpc) is 2.17. The van der Waals surface area contributed by atoms with Gasteiger partial charge in [-0.1, -0.05) is 17.7 Å². The minimum Gasteiger partial charge on any atom is -0.495 e. The SMILES string of the molecule is COc1ccc(C(C)(C)C(=O)O)cc1Cl. The van der Waals surface area contributed by atoms with Crippen LogP contribution >= 0.6 is 11.6 Å². The molecule has 0 saturated carbocycles. The zero-order chi connectivity index (χ0) is 11.6. The third-order valence-electron chi connectivity index (χ3n) is 2.41. The molecule has 0 atom stereocenters. The van der Waals surface area contributed by atoms with Gasteiger partial charge in [0, 0.05) is 0 Å². The Balaban J connectivity index is 3.18. The average molecular weight is 229 g/mol. The lowest BCUT2D eigenvalue weighted by atomic mass is 9.85. The van der Waals surface area contributed by atoms with Gasteiger partial charge in [0.05, 0.1) is 17.5 Å². The van der Waals surface area contributed by atoms with E-state index in [0.29, 0.717) is 16.3 Å². The van der Waals surface area contributed by atoms with Crippen LogP contribution in [0.5, 0.6) is 5.75 Å². The predicted molar refractivity (Wildman–Crippen MR) is 58.7 cm³/mol. The molecule has 15 heavy (non-hydrogen) atoms. The molecule has 0 unspecified atom stereocenters. The zero-order valence-electron chi connectivity index (χ0n) is 8.87. The Morgan fingerprint density at radius 2 is 2.07 bits per heavy atom. The Hall–Kier alpha value is -1.22. The number of benzene rings is 1. The Morgan fingerprint density at radius 1 is 1.47 bits per heavy atom. The number of hydrogen-bond acceptors (Lipinski definition) is 2. The molecule has 0 aliphatic carbocycles. The van der Waals surface area contributed by atoms with Crippen LogP contribution in [0.25, 0.3) is 0 Å². The van der Waals surface area contributed by atoms with Crippen molar-refractivity contribution < 1.29 is 14.6 Å². The normalized spacial score (nSPS) is 11.2. The summed E-state index contributed by atoms with van der Waals surface area (Å²) in [6.07, 6.45) is 0.